The minimum absolute atomic E-state index is 0.0392. The largest absolute Gasteiger partial charge is 0.506 e. The minimum Gasteiger partial charge on any atom is -0.506 e. The molecule has 0 bridgehead atoms. The Morgan fingerprint density at radius 2 is 1.91 bits per heavy atom. The number of benzene rings is 1. The molecule has 0 radical (unpaired) electrons. The van der Waals surface area contributed by atoms with E-state index in [1.54, 1.807) is 28.7 Å². The number of phenolic OH excluding ortho intramolecular Hbond substituents is 1. The van der Waals surface area contributed by atoms with E-state index in [2.05, 4.69) is 15.2 Å². The standard InChI is InChI=1S/C16H15FN4O/c1-10(2)15-16(20-19-12-5-3-4-6-13(12)22)21-9-11(17)7-8-14(21)18-15/h3-10,22H,1-2H3. The summed E-state index contributed by atoms with van der Waals surface area (Å²) in [5, 5.41) is 18.0. The molecule has 1 N–H and O–H groups in total. The molecule has 3 aromatic rings. The van der Waals surface area contributed by atoms with Gasteiger partial charge in [0, 0.05) is 6.20 Å². The smallest absolute Gasteiger partial charge is 0.183 e. The van der Waals surface area contributed by atoms with Crippen molar-refractivity contribution in [2.75, 3.05) is 0 Å². The third kappa shape index (κ3) is 2.55. The fraction of sp³-hybridized carbons (Fsp3) is 0.188. The molecule has 112 valence electrons. The quantitative estimate of drug-likeness (QED) is 0.711. The van der Waals surface area contributed by atoms with Gasteiger partial charge in [0.2, 0.25) is 0 Å². The number of halogens is 1. The van der Waals surface area contributed by atoms with Crippen LogP contribution in [0.2, 0.25) is 0 Å². The number of rotatable bonds is 3. The van der Waals surface area contributed by atoms with E-state index in [4.69, 9.17) is 0 Å². The third-order valence-electron chi connectivity index (χ3n) is 3.26. The monoisotopic (exact) mass is 298 g/mol. The molecule has 0 atom stereocenters. The van der Waals surface area contributed by atoms with Crippen LogP contribution >= 0.6 is 0 Å². The summed E-state index contributed by atoms with van der Waals surface area (Å²) in [5.41, 5.74) is 1.68. The van der Waals surface area contributed by atoms with E-state index in [9.17, 15) is 9.50 Å². The summed E-state index contributed by atoms with van der Waals surface area (Å²) in [6.07, 6.45) is 1.33. The van der Waals surface area contributed by atoms with Gasteiger partial charge in [0.05, 0.1) is 5.69 Å². The summed E-state index contributed by atoms with van der Waals surface area (Å²) in [5.74, 6) is 0.241. The van der Waals surface area contributed by atoms with Crippen molar-refractivity contribution in [3.05, 3.63) is 54.1 Å². The van der Waals surface area contributed by atoms with Crippen molar-refractivity contribution in [2.24, 2.45) is 10.2 Å². The maximum absolute atomic E-state index is 13.5. The first-order chi connectivity index (χ1) is 10.6. The topological polar surface area (TPSA) is 62.2 Å². The molecule has 2 heterocycles. The van der Waals surface area contributed by atoms with Crippen LogP contribution in [0.15, 0.2) is 52.8 Å². The van der Waals surface area contributed by atoms with Gasteiger partial charge >= 0.3 is 0 Å². The lowest BCUT2D eigenvalue weighted by Crippen LogP contribution is -1.88. The first kappa shape index (κ1) is 14.2. The highest BCUT2D eigenvalue weighted by Crippen LogP contribution is 2.31. The van der Waals surface area contributed by atoms with Gasteiger partial charge in [-0.1, -0.05) is 26.0 Å². The highest BCUT2D eigenvalue weighted by atomic mass is 19.1. The Kier molecular flexibility index (Phi) is 3.58. The summed E-state index contributed by atoms with van der Waals surface area (Å²) < 4.78 is 15.1. The summed E-state index contributed by atoms with van der Waals surface area (Å²) in [4.78, 5) is 4.47. The molecular weight excluding hydrogens is 283 g/mol. The molecule has 1 aromatic carbocycles. The van der Waals surface area contributed by atoms with Crippen LogP contribution in [0, 0.1) is 5.82 Å². The molecule has 6 heteroatoms. The number of para-hydroxylation sites is 1. The molecular formula is C16H15FN4O. The van der Waals surface area contributed by atoms with Gasteiger partial charge in [-0.25, -0.2) is 9.37 Å². The van der Waals surface area contributed by atoms with Gasteiger partial charge < -0.3 is 5.11 Å². The van der Waals surface area contributed by atoms with Crippen LogP contribution in [0.5, 0.6) is 5.75 Å². The lowest BCUT2D eigenvalue weighted by atomic mass is 10.1. The lowest BCUT2D eigenvalue weighted by Gasteiger charge is -2.02. The van der Waals surface area contributed by atoms with Gasteiger partial charge in [-0.3, -0.25) is 4.40 Å². The van der Waals surface area contributed by atoms with E-state index in [1.165, 1.54) is 18.3 Å². The van der Waals surface area contributed by atoms with Crippen LogP contribution in [-0.4, -0.2) is 14.5 Å². The molecule has 0 saturated heterocycles. The number of hydrogen-bond donors (Lipinski definition) is 1. The zero-order valence-corrected chi connectivity index (χ0v) is 12.2. The van der Waals surface area contributed by atoms with E-state index in [0.717, 1.165) is 5.69 Å². The van der Waals surface area contributed by atoms with Crippen LogP contribution in [0.25, 0.3) is 5.65 Å². The first-order valence-electron chi connectivity index (χ1n) is 6.93. The number of aromatic nitrogens is 2. The van der Waals surface area contributed by atoms with Gasteiger partial charge in [-0.05, 0) is 30.2 Å². The second-order valence-corrected chi connectivity index (χ2v) is 5.24. The van der Waals surface area contributed by atoms with Gasteiger partial charge in [-0.2, -0.15) is 0 Å². The molecule has 0 aliphatic carbocycles. The second-order valence-electron chi connectivity index (χ2n) is 5.24. The maximum atomic E-state index is 13.5. The zero-order valence-electron chi connectivity index (χ0n) is 12.2. The van der Waals surface area contributed by atoms with E-state index in [1.807, 2.05) is 13.8 Å². The SMILES string of the molecule is CC(C)c1nc2ccc(F)cn2c1N=Nc1ccccc1O. The number of aromatic hydroxyl groups is 1. The molecule has 0 aliphatic heterocycles. The fourth-order valence-corrected chi connectivity index (χ4v) is 2.16. The van der Waals surface area contributed by atoms with Crippen LogP contribution in [-0.2, 0) is 0 Å². The Morgan fingerprint density at radius 1 is 1.14 bits per heavy atom. The summed E-state index contributed by atoms with van der Waals surface area (Å²) in [6, 6.07) is 9.60. The Labute approximate surface area is 126 Å². The van der Waals surface area contributed by atoms with Crippen LogP contribution < -0.4 is 0 Å². The summed E-state index contributed by atoms with van der Waals surface area (Å²) in [7, 11) is 0. The zero-order chi connectivity index (χ0) is 15.7. The van der Waals surface area contributed by atoms with Crippen molar-refractivity contribution in [3.63, 3.8) is 0 Å². The van der Waals surface area contributed by atoms with Crippen LogP contribution in [0.4, 0.5) is 15.9 Å². The highest BCUT2D eigenvalue weighted by molar-refractivity contribution is 5.54. The normalized spacial score (nSPS) is 11.8. The van der Waals surface area contributed by atoms with Crippen molar-refractivity contribution >= 4 is 17.2 Å². The average Bonchev–Trinajstić information content (AvgIpc) is 2.84. The highest BCUT2D eigenvalue weighted by Gasteiger charge is 2.15. The molecule has 3 rings (SSSR count). The Bertz CT molecular complexity index is 854. The Balaban J connectivity index is 2.14. The molecule has 5 nitrogen and oxygen atoms in total. The lowest BCUT2D eigenvalue weighted by molar-refractivity contribution is 0.476. The molecule has 22 heavy (non-hydrogen) atoms. The Morgan fingerprint density at radius 3 is 2.64 bits per heavy atom. The van der Waals surface area contributed by atoms with Gasteiger partial charge in [0.25, 0.3) is 0 Å². The number of azo groups is 1. The van der Waals surface area contributed by atoms with Gasteiger partial charge in [-0.15, -0.1) is 10.2 Å². The van der Waals surface area contributed by atoms with Crippen molar-refractivity contribution < 1.29 is 9.50 Å². The summed E-state index contributed by atoms with van der Waals surface area (Å²) >= 11 is 0. The van der Waals surface area contributed by atoms with Crippen molar-refractivity contribution in [3.8, 4) is 5.75 Å². The van der Waals surface area contributed by atoms with Crippen molar-refractivity contribution in [2.45, 2.75) is 19.8 Å². The molecule has 0 aliphatic rings. The number of fused-ring (bicyclic) bond motifs is 1. The first-order valence-corrected chi connectivity index (χ1v) is 6.93. The van der Waals surface area contributed by atoms with Crippen LogP contribution in [0.1, 0.15) is 25.5 Å². The number of nitrogens with zero attached hydrogens (tertiary/aromatic N) is 4. The third-order valence-corrected chi connectivity index (χ3v) is 3.26. The average molecular weight is 298 g/mol. The van der Waals surface area contributed by atoms with Gasteiger partial charge in [0.1, 0.15) is 22.9 Å². The Hall–Kier alpha value is -2.76. The molecule has 0 saturated carbocycles. The van der Waals surface area contributed by atoms with Gasteiger partial charge in [0.15, 0.2) is 5.82 Å². The van der Waals surface area contributed by atoms with E-state index in [0.29, 0.717) is 17.2 Å². The molecule has 0 fully saturated rings. The van der Waals surface area contributed by atoms with E-state index < -0.39 is 0 Å². The second kappa shape index (κ2) is 5.55. The maximum Gasteiger partial charge on any atom is 0.183 e. The summed E-state index contributed by atoms with van der Waals surface area (Å²) in [6.45, 7) is 3.97. The number of phenols is 1. The van der Waals surface area contributed by atoms with E-state index in [-0.39, 0.29) is 17.5 Å². The molecule has 0 amide bonds. The van der Waals surface area contributed by atoms with E-state index >= 15 is 0 Å². The predicted octanol–water partition coefficient (Wildman–Crippen LogP) is 4.72. The molecule has 0 unspecified atom stereocenters. The van der Waals surface area contributed by atoms with Crippen LogP contribution in [0.3, 0.4) is 0 Å². The molecule has 2 aromatic heterocycles. The number of imidazole rings is 1. The van der Waals surface area contributed by atoms with Crippen molar-refractivity contribution in [1.82, 2.24) is 9.38 Å². The fourth-order valence-electron chi connectivity index (χ4n) is 2.16. The number of pyridine rings is 1. The molecule has 0 spiro atoms. The van der Waals surface area contributed by atoms with Crippen molar-refractivity contribution in [1.29, 1.82) is 0 Å². The predicted molar refractivity (Wildman–Crippen MR) is 81.5 cm³/mol. The number of hydrogen-bond acceptors (Lipinski definition) is 4. The minimum atomic E-state index is -0.376.